The van der Waals surface area contributed by atoms with E-state index in [0.29, 0.717) is 11.8 Å². The van der Waals surface area contributed by atoms with Crippen molar-refractivity contribution in [3.63, 3.8) is 0 Å². The zero-order valence-corrected chi connectivity index (χ0v) is 14.2. The lowest BCUT2D eigenvalue weighted by Gasteiger charge is -2.21. The highest BCUT2D eigenvalue weighted by molar-refractivity contribution is 6.31. The molecule has 2 aromatic rings. The van der Waals surface area contributed by atoms with Crippen molar-refractivity contribution >= 4 is 29.1 Å². The van der Waals surface area contributed by atoms with Gasteiger partial charge in [-0.2, -0.15) is 0 Å². The second kappa shape index (κ2) is 8.18. The molecule has 2 aromatic carbocycles. The number of hydrogen-bond acceptors (Lipinski definition) is 2. The van der Waals surface area contributed by atoms with Gasteiger partial charge in [0.1, 0.15) is 5.82 Å². The number of carbonyl (C=O) groups is 2. The highest BCUT2D eigenvalue weighted by Crippen LogP contribution is 2.22. The van der Waals surface area contributed by atoms with Gasteiger partial charge >= 0.3 is 0 Å². The number of carbonyl (C=O) groups excluding carboxylic acids is 2. The molecule has 0 aliphatic heterocycles. The van der Waals surface area contributed by atoms with Gasteiger partial charge in [-0.1, -0.05) is 11.6 Å². The quantitative estimate of drug-likeness (QED) is 0.627. The minimum absolute atomic E-state index is 0.0334. The Kier molecular flexibility index (Phi) is 6.20. The van der Waals surface area contributed by atoms with Gasteiger partial charge in [0, 0.05) is 25.7 Å². The lowest BCUT2D eigenvalue weighted by molar-refractivity contribution is -0.116. The van der Waals surface area contributed by atoms with E-state index in [1.807, 2.05) is 0 Å². The van der Waals surface area contributed by atoms with E-state index in [1.54, 1.807) is 0 Å². The number of nitrogens with one attached hydrogen (secondary N) is 1. The van der Waals surface area contributed by atoms with Gasteiger partial charge in [-0.15, -0.1) is 0 Å². The Morgan fingerprint density at radius 3 is 2.31 bits per heavy atom. The second-order valence-corrected chi connectivity index (χ2v) is 5.66. The molecule has 0 fully saturated rings. The molecule has 0 unspecified atom stereocenters. The molecule has 1 N–H and O–H groups in total. The molecule has 0 aliphatic carbocycles. The molecule has 0 aromatic heterocycles. The van der Waals surface area contributed by atoms with Crippen molar-refractivity contribution in [2.24, 2.45) is 0 Å². The van der Waals surface area contributed by atoms with Crippen LogP contribution in [0.5, 0.6) is 0 Å². The predicted octanol–water partition coefficient (Wildman–Crippen LogP) is 3.68. The van der Waals surface area contributed by atoms with Crippen LogP contribution in [-0.4, -0.2) is 24.9 Å². The third kappa shape index (κ3) is 4.32. The molecule has 0 bridgehead atoms. The van der Waals surface area contributed by atoms with Crippen molar-refractivity contribution in [3.8, 4) is 0 Å². The maximum absolute atomic E-state index is 13.6. The van der Waals surface area contributed by atoms with Crippen molar-refractivity contribution < 1.29 is 27.2 Å². The molecule has 4 nitrogen and oxygen atoms in total. The third-order valence-corrected chi connectivity index (χ3v) is 3.79. The van der Waals surface area contributed by atoms with Crippen LogP contribution < -0.4 is 10.2 Å². The lowest BCUT2D eigenvalue weighted by Crippen LogP contribution is -2.37. The lowest BCUT2D eigenvalue weighted by atomic mass is 10.2. The van der Waals surface area contributed by atoms with Crippen LogP contribution in [0.25, 0.3) is 0 Å². The maximum Gasteiger partial charge on any atom is 0.254 e. The Morgan fingerprint density at radius 1 is 1.04 bits per heavy atom. The van der Waals surface area contributed by atoms with Gasteiger partial charge in [-0.25, -0.2) is 17.6 Å². The molecule has 0 saturated heterocycles. The Morgan fingerprint density at radius 2 is 1.69 bits per heavy atom. The first-order valence-corrected chi connectivity index (χ1v) is 7.75. The van der Waals surface area contributed by atoms with E-state index in [2.05, 4.69) is 5.32 Å². The SMILES string of the molecule is CC(=O)N(CCNC(=O)c1ccc(F)c(F)c1F)c1ccc(F)c(Cl)c1. The maximum atomic E-state index is 13.6. The minimum Gasteiger partial charge on any atom is -0.350 e. The zero-order chi connectivity index (χ0) is 19.4. The molecule has 0 saturated carbocycles. The van der Waals surface area contributed by atoms with Gasteiger partial charge in [0.05, 0.1) is 10.6 Å². The summed E-state index contributed by atoms with van der Waals surface area (Å²) in [6.45, 7) is 1.11. The first-order valence-electron chi connectivity index (χ1n) is 7.37. The average molecular weight is 389 g/mol. The highest BCUT2D eigenvalue weighted by Gasteiger charge is 2.19. The van der Waals surface area contributed by atoms with Crippen LogP contribution in [0.3, 0.4) is 0 Å². The molecule has 9 heteroatoms. The summed E-state index contributed by atoms with van der Waals surface area (Å²) in [6.07, 6.45) is 0. The molecule has 2 rings (SSSR count). The Bertz CT molecular complexity index is 861. The van der Waals surface area contributed by atoms with Crippen molar-refractivity contribution in [2.45, 2.75) is 6.92 Å². The summed E-state index contributed by atoms with van der Waals surface area (Å²) >= 11 is 5.68. The molecule has 138 valence electrons. The highest BCUT2D eigenvalue weighted by atomic mass is 35.5. The summed E-state index contributed by atoms with van der Waals surface area (Å²) < 4.78 is 52.9. The summed E-state index contributed by atoms with van der Waals surface area (Å²) in [4.78, 5) is 24.9. The third-order valence-electron chi connectivity index (χ3n) is 3.50. The van der Waals surface area contributed by atoms with Crippen LogP contribution in [-0.2, 0) is 4.79 Å². The number of anilines is 1. The molecule has 0 spiro atoms. The monoisotopic (exact) mass is 388 g/mol. The average Bonchev–Trinajstić information content (AvgIpc) is 2.59. The molecule has 26 heavy (non-hydrogen) atoms. The van der Waals surface area contributed by atoms with Gasteiger partial charge in [-0.05, 0) is 30.3 Å². The topological polar surface area (TPSA) is 49.4 Å². The number of benzene rings is 2. The molecular formula is C17H13ClF4N2O2. The molecule has 0 radical (unpaired) electrons. The van der Waals surface area contributed by atoms with Gasteiger partial charge in [-0.3, -0.25) is 9.59 Å². The fourth-order valence-electron chi connectivity index (χ4n) is 2.20. The smallest absolute Gasteiger partial charge is 0.254 e. The number of nitrogens with zero attached hydrogens (tertiary/aromatic N) is 1. The van der Waals surface area contributed by atoms with E-state index < -0.39 is 40.6 Å². The Labute approximate surface area is 151 Å². The Balaban J connectivity index is 2.06. The van der Waals surface area contributed by atoms with Crippen LogP contribution in [0, 0.1) is 23.3 Å². The van der Waals surface area contributed by atoms with Crippen molar-refractivity contribution in [2.75, 3.05) is 18.0 Å². The number of rotatable bonds is 5. The fourth-order valence-corrected chi connectivity index (χ4v) is 2.37. The largest absolute Gasteiger partial charge is 0.350 e. The zero-order valence-electron chi connectivity index (χ0n) is 13.5. The van der Waals surface area contributed by atoms with Crippen molar-refractivity contribution in [1.29, 1.82) is 0 Å². The van der Waals surface area contributed by atoms with Crippen molar-refractivity contribution in [1.82, 2.24) is 5.32 Å². The first-order chi connectivity index (χ1) is 12.2. The summed E-state index contributed by atoms with van der Waals surface area (Å²) in [5.74, 6) is -6.78. The summed E-state index contributed by atoms with van der Waals surface area (Å²) in [5.41, 5.74) is -0.361. The number of amides is 2. The molecule has 0 atom stereocenters. The first kappa shape index (κ1) is 19.7. The fraction of sp³-hybridized carbons (Fsp3) is 0.176. The van der Waals surface area contributed by atoms with Crippen LogP contribution in [0.4, 0.5) is 23.2 Å². The van der Waals surface area contributed by atoms with E-state index >= 15 is 0 Å². The van der Waals surface area contributed by atoms with Crippen LogP contribution >= 0.6 is 11.6 Å². The molecule has 0 heterocycles. The summed E-state index contributed by atoms with van der Waals surface area (Å²) in [7, 11) is 0. The van der Waals surface area contributed by atoms with Crippen LogP contribution in [0.2, 0.25) is 5.02 Å². The molecular weight excluding hydrogens is 376 g/mol. The minimum atomic E-state index is -1.75. The van der Waals surface area contributed by atoms with E-state index in [9.17, 15) is 27.2 Å². The van der Waals surface area contributed by atoms with Crippen LogP contribution in [0.1, 0.15) is 17.3 Å². The summed E-state index contributed by atoms with van der Waals surface area (Å²) in [5, 5.41) is 2.12. The van der Waals surface area contributed by atoms with E-state index in [1.165, 1.54) is 24.0 Å². The van der Waals surface area contributed by atoms with Gasteiger partial charge in [0.15, 0.2) is 17.5 Å². The Hall–Kier alpha value is -2.61. The van der Waals surface area contributed by atoms with Gasteiger partial charge < -0.3 is 10.2 Å². The molecule has 0 aliphatic rings. The predicted molar refractivity (Wildman–Crippen MR) is 88.1 cm³/mol. The van der Waals surface area contributed by atoms with Crippen LogP contribution in [0.15, 0.2) is 30.3 Å². The van der Waals surface area contributed by atoms with E-state index in [4.69, 9.17) is 11.6 Å². The van der Waals surface area contributed by atoms with Crippen molar-refractivity contribution in [3.05, 3.63) is 64.2 Å². The second-order valence-electron chi connectivity index (χ2n) is 5.25. The van der Waals surface area contributed by atoms with E-state index in [0.717, 1.165) is 12.1 Å². The standard InChI is InChI=1S/C17H13ClF4N2O2/c1-9(25)24(10-2-4-13(19)12(18)8-10)7-6-23-17(26)11-3-5-14(20)16(22)15(11)21/h2-5,8H,6-7H2,1H3,(H,23,26). The van der Waals surface area contributed by atoms with Gasteiger partial charge in [0.2, 0.25) is 5.91 Å². The normalized spacial score (nSPS) is 10.5. The number of hydrogen-bond donors (Lipinski definition) is 1. The van der Waals surface area contributed by atoms with E-state index in [-0.39, 0.29) is 18.1 Å². The van der Waals surface area contributed by atoms with Gasteiger partial charge in [0.25, 0.3) is 5.91 Å². The molecule has 2 amide bonds. The number of halogens is 5. The summed E-state index contributed by atoms with van der Waals surface area (Å²) in [6, 6.07) is 5.11.